The van der Waals surface area contributed by atoms with Gasteiger partial charge in [0.1, 0.15) is 11.6 Å². The Labute approximate surface area is 123 Å². The Morgan fingerprint density at radius 2 is 2.05 bits per heavy atom. The van der Waals surface area contributed by atoms with E-state index in [0.29, 0.717) is 12.0 Å². The molecule has 0 radical (unpaired) electrons. The highest BCUT2D eigenvalue weighted by molar-refractivity contribution is 5.41. The van der Waals surface area contributed by atoms with Gasteiger partial charge in [0, 0.05) is 30.9 Å². The summed E-state index contributed by atoms with van der Waals surface area (Å²) in [5.41, 5.74) is 9.04. The number of fused-ring (bicyclic) bond motifs is 1. The van der Waals surface area contributed by atoms with Crippen molar-refractivity contribution in [2.75, 3.05) is 12.3 Å². The van der Waals surface area contributed by atoms with Crippen LogP contribution in [0.15, 0.2) is 36.4 Å². The second-order valence-corrected chi connectivity index (χ2v) is 5.60. The van der Waals surface area contributed by atoms with Gasteiger partial charge in [0.05, 0.1) is 0 Å². The number of nitrogens with two attached hydrogens (primary N) is 1. The number of rotatable bonds is 2. The SMILES string of the molecule is CC1c2cc(F)cc(F)c2CCN1Cc1cccc(N)c1. The highest BCUT2D eigenvalue weighted by atomic mass is 19.1. The van der Waals surface area contributed by atoms with Crippen LogP contribution in [-0.2, 0) is 13.0 Å². The van der Waals surface area contributed by atoms with Crippen molar-refractivity contribution < 1.29 is 8.78 Å². The van der Waals surface area contributed by atoms with Gasteiger partial charge in [-0.2, -0.15) is 0 Å². The van der Waals surface area contributed by atoms with Gasteiger partial charge in [-0.15, -0.1) is 0 Å². The molecule has 3 rings (SSSR count). The maximum Gasteiger partial charge on any atom is 0.129 e. The van der Waals surface area contributed by atoms with Gasteiger partial charge in [0.2, 0.25) is 0 Å². The van der Waals surface area contributed by atoms with Crippen molar-refractivity contribution in [1.29, 1.82) is 0 Å². The molecule has 110 valence electrons. The van der Waals surface area contributed by atoms with E-state index in [9.17, 15) is 8.78 Å². The smallest absolute Gasteiger partial charge is 0.129 e. The van der Waals surface area contributed by atoms with E-state index in [1.807, 2.05) is 31.2 Å². The van der Waals surface area contributed by atoms with Crippen LogP contribution in [0, 0.1) is 11.6 Å². The maximum absolute atomic E-state index is 13.8. The Hall–Kier alpha value is -1.94. The quantitative estimate of drug-likeness (QED) is 0.854. The molecule has 0 spiro atoms. The molecule has 2 nitrogen and oxygen atoms in total. The Bertz CT molecular complexity index is 670. The number of hydrogen-bond donors (Lipinski definition) is 1. The van der Waals surface area contributed by atoms with Crippen molar-refractivity contribution in [3.63, 3.8) is 0 Å². The topological polar surface area (TPSA) is 29.3 Å². The number of anilines is 1. The molecule has 0 bridgehead atoms. The molecule has 2 aromatic carbocycles. The minimum Gasteiger partial charge on any atom is -0.399 e. The first-order chi connectivity index (χ1) is 10.0. The summed E-state index contributed by atoms with van der Waals surface area (Å²) in [4.78, 5) is 2.22. The summed E-state index contributed by atoms with van der Waals surface area (Å²) in [5.74, 6) is -0.940. The molecule has 0 aliphatic carbocycles. The first-order valence-corrected chi connectivity index (χ1v) is 7.11. The lowest BCUT2D eigenvalue weighted by atomic mass is 9.92. The van der Waals surface area contributed by atoms with Crippen LogP contribution in [0.1, 0.15) is 29.7 Å². The van der Waals surface area contributed by atoms with Gasteiger partial charge in [-0.25, -0.2) is 8.78 Å². The Morgan fingerprint density at radius 1 is 1.24 bits per heavy atom. The van der Waals surface area contributed by atoms with E-state index >= 15 is 0 Å². The molecule has 1 aliphatic rings. The van der Waals surface area contributed by atoms with Crippen LogP contribution in [0.2, 0.25) is 0 Å². The lowest BCUT2D eigenvalue weighted by molar-refractivity contribution is 0.187. The summed E-state index contributed by atoms with van der Waals surface area (Å²) in [5, 5.41) is 0. The van der Waals surface area contributed by atoms with Crippen molar-refractivity contribution in [2.24, 2.45) is 0 Å². The summed E-state index contributed by atoms with van der Waals surface area (Å²) >= 11 is 0. The van der Waals surface area contributed by atoms with Crippen LogP contribution in [0.3, 0.4) is 0 Å². The van der Waals surface area contributed by atoms with Gasteiger partial charge in [-0.05, 0) is 48.2 Å². The molecule has 2 aromatic rings. The van der Waals surface area contributed by atoms with Crippen molar-refractivity contribution >= 4 is 5.69 Å². The average Bonchev–Trinajstić information content (AvgIpc) is 2.42. The molecule has 0 fully saturated rings. The minimum atomic E-state index is -0.510. The van der Waals surface area contributed by atoms with E-state index in [1.165, 1.54) is 6.07 Å². The van der Waals surface area contributed by atoms with E-state index in [2.05, 4.69) is 4.90 Å². The Kier molecular flexibility index (Phi) is 3.64. The molecule has 4 heteroatoms. The minimum absolute atomic E-state index is 0.0135. The summed E-state index contributed by atoms with van der Waals surface area (Å²) in [6.45, 7) is 3.47. The average molecular weight is 288 g/mol. The van der Waals surface area contributed by atoms with Crippen molar-refractivity contribution in [1.82, 2.24) is 4.90 Å². The molecule has 1 aliphatic heterocycles. The van der Waals surface area contributed by atoms with Crippen LogP contribution in [0.4, 0.5) is 14.5 Å². The standard InChI is InChI=1S/C17H18F2N2/c1-11-16-8-13(18)9-17(19)15(16)5-6-21(11)10-12-3-2-4-14(20)7-12/h2-4,7-9,11H,5-6,10,20H2,1H3. The number of nitrogen functional groups attached to an aromatic ring is 1. The van der Waals surface area contributed by atoms with Gasteiger partial charge in [-0.1, -0.05) is 12.1 Å². The maximum atomic E-state index is 13.8. The van der Waals surface area contributed by atoms with Crippen LogP contribution in [0.25, 0.3) is 0 Å². The normalized spacial score (nSPS) is 18.5. The third-order valence-corrected chi connectivity index (χ3v) is 4.18. The highest BCUT2D eigenvalue weighted by Crippen LogP contribution is 2.32. The zero-order chi connectivity index (χ0) is 15.0. The van der Waals surface area contributed by atoms with E-state index in [1.54, 1.807) is 0 Å². The predicted octanol–water partition coefficient (Wildman–Crippen LogP) is 3.67. The van der Waals surface area contributed by atoms with Gasteiger partial charge < -0.3 is 5.73 Å². The van der Waals surface area contributed by atoms with Gasteiger partial charge in [-0.3, -0.25) is 4.90 Å². The highest BCUT2D eigenvalue weighted by Gasteiger charge is 2.26. The molecular weight excluding hydrogens is 270 g/mol. The van der Waals surface area contributed by atoms with Gasteiger partial charge in [0.15, 0.2) is 0 Å². The fraction of sp³-hybridized carbons (Fsp3) is 0.294. The molecule has 0 aromatic heterocycles. The van der Waals surface area contributed by atoms with Crippen molar-refractivity contribution in [3.8, 4) is 0 Å². The fourth-order valence-corrected chi connectivity index (χ4v) is 3.05. The lowest BCUT2D eigenvalue weighted by Crippen LogP contribution is -2.34. The Morgan fingerprint density at radius 3 is 2.81 bits per heavy atom. The van der Waals surface area contributed by atoms with E-state index in [4.69, 9.17) is 5.73 Å². The number of benzene rings is 2. The van der Waals surface area contributed by atoms with E-state index < -0.39 is 11.6 Å². The number of hydrogen-bond acceptors (Lipinski definition) is 2. The molecule has 2 N–H and O–H groups in total. The van der Waals surface area contributed by atoms with E-state index in [-0.39, 0.29) is 6.04 Å². The van der Waals surface area contributed by atoms with Crippen molar-refractivity contribution in [2.45, 2.75) is 25.9 Å². The Balaban J connectivity index is 1.87. The summed E-state index contributed by atoms with van der Waals surface area (Å²) in [6, 6.07) is 10.1. The summed E-state index contributed by atoms with van der Waals surface area (Å²) < 4.78 is 27.3. The molecule has 1 atom stereocenters. The lowest BCUT2D eigenvalue weighted by Gasteiger charge is -2.35. The fourth-order valence-electron chi connectivity index (χ4n) is 3.05. The molecule has 1 unspecified atom stereocenters. The van der Waals surface area contributed by atoms with Crippen LogP contribution in [-0.4, -0.2) is 11.4 Å². The number of nitrogens with zero attached hydrogens (tertiary/aromatic N) is 1. The van der Waals surface area contributed by atoms with E-state index in [0.717, 1.165) is 36.0 Å². The molecule has 0 amide bonds. The number of halogens is 2. The zero-order valence-electron chi connectivity index (χ0n) is 11.9. The molecule has 1 heterocycles. The third-order valence-electron chi connectivity index (χ3n) is 4.18. The molecule has 0 saturated heterocycles. The predicted molar refractivity (Wildman–Crippen MR) is 79.7 cm³/mol. The largest absolute Gasteiger partial charge is 0.399 e. The third kappa shape index (κ3) is 2.76. The van der Waals surface area contributed by atoms with Crippen LogP contribution < -0.4 is 5.73 Å². The monoisotopic (exact) mass is 288 g/mol. The molecule has 21 heavy (non-hydrogen) atoms. The first kappa shape index (κ1) is 14.0. The van der Waals surface area contributed by atoms with Crippen LogP contribution in [0.5, 0.6) is 0 Å². The second kappa shape index (κ2) is 5.45. The van der Waals surface area contributed by atoms with Crippen molar-refractivity contribution in [3.05, 3.63) is 64.7 Å². The molecule has 0 saturated carbocycles. The zero-order valence-corrected chi connectivity index (χ0v) is 11.9. The molecular formula is C17H18F2N2. The van der Waals surface area contributed by atoms with Gasteiger partial charge >= 0.3 is 0 Å². The summed E-state index contributed by atoms with van der Waals surface area (Å²) in [6.07, 6.45) is 0.605. The first-order valence-electron chi connectivity index (χ1n) is 7.11. The van der Waals surface area contributed by atoms with Gasteiger partial charge in [0.25, 0.3) is 0 Å². The summed E-state index contributed by atoms with van der Waals surface area (Å²) in [7, 11) is 0. The second-order valence-electron chi connectivity index (χ2n) is 5.60. The van der Waals surface area contributed by atoms with Crippen LogP contribution >= 0.6 is 0 Å².